The minimum Gasteiger partial charge on any atom is -0.426 e. The third kappa shape index (κ3) is 2.98. The molecule has 0 N–H and O–H groups in total. The van der Waals surface area contributed by atoms with Crippen LogP contribution in [0.3, 0.4) is 0 Å². The normalized spacial score (nSPS) is 11.8. The van der Waals surface area contributed by atoms with Crippen LogP contribution in [0, 0.1) is 0 Å². The lowest BCUT2D eigenvalue weighted by Gasteiger charge is -2.04. The van der Waals surface area contributed by atoms with Crippen LogP contribution in [-0.4, -0.2) is 25.6 Å². The molecule has 0 amide bonds. The Balaban J connectivity index is 1.81. The number of carbonyl (C=O) groups is 1. The predicted octanol–water partition coefficient (Wildman–Crippen LogP) is 1.69. The van der Waals surface area contributed by atoms with Crippen LogP contribution in [0.1, 0.15) is 12.5 Å². The zero-order valence-corrected chi connectivity index (χ0v) is 14.4. The molecule has 1 aromatic carbocycles. The molecule has 7 nitrogen and oxygen atoms in total. The second kappa shape index (κ2) is 6.49. The van der Waals surface area contributed by atoms with Crippen molar-refractivity contribution in [2.75, 3.05) is 0 Å². The lowest BCUT2D eigenvalue weighted by molar-refractivity contribution is -0.131. The van der Waals surface area contributed by atoms with Crippen molar-refractivity contribution in [1.82, 2.24) is 19.6 Å². The van der Waals surface area contributed by atoms with Gasteiger partial charge in [-0.15, -0.1) is 5.10 Å². The predicted molar refractivity (Wildman–Crippen MR) is 96.9 cm³/mol. The number of aromatic nitrogens is 4. The van der Waals surface area contributed by atoms with Crippen LogP contribution in [-0.2, 0) is 4.79 Å². The number of hydrogen-bond donors (Lipinski definition) is 0. The first-order chi connectivity index (χ1) is 12.6. The fourth-order valence-electron chi connectivity index (χ4n) is 2.46. The van der Waals surface area contributed by atoms with Gasteiger partial charge in [0.1, 0.15) is 5.75 Å². The van der Waals surface area contributed by atoms with E-state index in [0.717, 1.165) is 5.56 Å². The zero-order chi connectivity index (χ0) is 18.1. The minimum atomic E-state index is -0.434. The van der Waals surface area contributed by atoms with E-state index in [2.05, 4.69) is 15.1 Å². The number of benzene rings is 1. The first-order valence-electron chi connectivity index (χ1n) is 7.71. The van der Waals surface area contributed by atoms with Gasteiger partial charge in [0, 0.05) is 19.3 Å². The number of rotatable bonds is 3. The Morgan fingerprint density at radius 3 is 2.81 bits per heavy atom. The van der Waals surface area contributed by atoms with Gasteiger partial charge in [0.25, 0.3) is 5.56 Å². The number of esters is 1. The highest BCUT2D eigenvalue weighted by Gasteiger charge is 2.16. The van der Waals surface area contributed by atoms with Gasteiger partial charge in [-0.25, -0.2) is 0 Å². The summed E-state index contributed by atoms with van der Waals surface area (Å²) in [6, 6.07) is 10.6. The molecule has 3 heterocycles. The summed E-state index contributed by atoms with van der Waals surface area (Å²) < 4.78 is 6.97. The number of ether oxygens (including phenoxy) is 1. The average molecular weight is 364 g/mol. The van der Waals surface area contributed by atoms with Gasteiger partial charge in [0.2, 0.25) is 4.96 Å². The van der Waals surface area contributed by atoms with E-state index >= 15 is 0 Å². The summed E-state index contributed by atoms with van der Waals surface area (Å²) in [5.41, 5.74) is 1.13. The molecule has 3 aromatic heterocycles. The van der Waals surface area contributed by atoms with Crippen molar-refractivity contribution >= 4 is 28.3 Å². The maximum absolute atomic E-state index is 12.6. The Hall–Kier alpha value is -3.39. The van der Waals surface area contributed by atoms with E-state index < -0.39 is 5.97 Å². The molecule has 0 fully saturated rings. The molecule has 8 heteroatoms. The van der Waals surface area contributed by atoms with Crippen LogP contribution in [0.15, 0.2) is 53.6 Å². The molecular formula is C18H12N4O3S. The van der Waals surface area contributed by atoms with E-state index in [9.17, 15) is 9.59 Å². The van der Waals surface area contributed by atoms with E-state index in [4.69, 9.17) is 4.74 Å². The van der Waals surface area contributed by atoms with Crippen molar-refractivity contribution in [3.05, 3.63) is 69.2 Å². The summed E-state index contributed by atoms with van der Waals surface area (Å²) in [6.07, 6.45) is 5.10. The number of fused-ring (bicyclic) bond motifs is 1. The minimum absolute atomic E-state index is 0.252. The molecule has 0 saturated carbocycles. The van der Waals surface area contributed by atoms with Crippen molar-refractivity contribution in [2.45, 2.75) is 6.92 Å². The van der Waals surface area contributed by atoms with E-state index in [1.807, 2.05) is 6.07 Å². The van der Waals surface area contributed by atoms with Crippen molar-refractivity contribution in [3.8, 4) is 17.1 Å². The first-order valence-corrected chi connectivity index (χ1v) is 8.52. The van der Waals surface area contributed by atoms with Crippen LogP contribution in [0.5, 0.6) is 5.75 Å². The van der Waals surface area contributed by atoms with E-state index in [1.54, 1.807) is 48.8 Å². The Bertz CT molecular complexity index is 1210. The van der Waals surface area contributed by atoms with Crippen molar-refractivity contribution in [2.24, 2.45) is 0 Å². The van der Waals surface area contributed by atoms with Gasteiger partial charge in [-0.1, -0.05) is 29.5 Å². The molecular weight excluding hydrogens is 352 g/mol. The number of pyridine rings is 1. The fraction of sp³-hybridized carbons (Fsp3) is 0.0556. The SMILES string of the molecule is CC(=O)Oc1ccccc1-c1nc2sc(=Cc3cccnc3)c(=O)n2n1. The lowest BCUT2D eigenvalue weighted by Crippen LogP contribution is -2.23. The Morgan fingerprint density at radius 2 is 2.08 bits per heavy atom. The van der Waals surface area contributed by atoms with Crippen molar-refractivity contribution in [3.63, 3.8) is 0 Å². The van der Waals surface area contributed by atoms with E-state index in [0.29, 0.717) is 26.6 Å². The summed E-state index contributed by atoms with van der Waals surface area (Å²) in [4.78, 5) is 32.8. The average Bonchev–Trinajstić information content (AvgIpc) is 3.16. The summed E-state index contributed by atoms with van der Waals surface area (Å²) in [7, 11) is 0. The highest BCUT2D eigenvalue weighted by molar-refractivity contribution is 7.15. The fourth-order valence-corrected chi connectivity index (χ4v) is 3.36. The van der Waals surface area contributed by atoms with E-state index in [-0.39, 0.29) is 5.56 Å². The molecule has 0 unspecified atom stereocenters. The maximum Gasteiger partial charge on any atom is 0.308 e. The standard InChI is InChI=1S/C18H12N4O3S/c1-11(23)25-14-7-3-2-6-13(14)16-20-18-22(21-16)17(24)15(26-18)9-12-5-4-8-19-10-12/h2-10H,1H3. The van der Waals surface area contributed by atoms with Crippen LogP contribution >= 0.6 is 11.3 Å². The molecule has 0 aliphatic heterocycles. The quantitative estimate of drug-likeness (QED) is 0.406. The van der Waals surface area contributed by atoms with Gasteiger partial charge in [-0.2, -0.15) is 9.50 Å². The van der Waals surface area contributed by atoms with E-state index in [1.165, 1.54) is 22.8 Å². The third-order valence-electron chi connectivity index (χ3n) is 3.55. The number of para-hydroxylation sites is 1. The highest BCUT2D eigenvalue weighted by atomic mass is 32.1. The van der Waals surface area contributed by atoms with Crippen LogP contribution in [0.2, 0.25) is 0 Å². The van der Waals surface area contributed by atoms with Gasteiger partial charge >= 0.3 is 5.97 Å². The second-order valence-corrected chi connectivity index (χ2v) is 6.43. The Kier molecular flexibility index (Phi) is 4.02. The summed E-state index contributed by atoms with van der Waals surface area (Å²) in [6.45, 7) is 1.33. The van der Waals surface area contributed by atoms with Crippen molar-refractivity contribution in [1.29, 1.82) is 0 Å². The highest BCUT2D eigenvalue weighted by Crippen LogP contribution is 2.27. The second-order valence-electron chi connectivity index (χ2n) is 5.42. The molecule has 26 heavy (non-hydrogen) atoms. The van der Waals surface area contributed by atoms with Crippen LogP contribution in [0.25, 0.3) is 22.4 Å². The summed E-state index contributed by atoms with van der Waals surface area (Å²) in [5.74, 6) is 0.252. The topological polar surface area (TPSA) is 86.5 Å². The number of carbonyl (C=O) groups excluding carboxylic acids is 1. The number of nitrogens with zero attached hydrogens (tertiary/aromatic N) is 4. The number of hydrogen-bond acceptors (Lipinski definition) is 7. The molecule has 0 saturated heterocycles. The third-order valence-corrected chi connectivity index (χ3v) is 4.50. The molecule has 0 aliphatic carbocycles. The molecule has 0 aliphatic rings. The monoisotopic (exact) mass is 364 g/mol. The number of thiazole rings is 1. The van der Waals surface area contributed by atoms with Gasteiger partial charge in [-0.05, 0) is 29.8 Å². The Labute approximate surface area is 151 Å². The zero-order valence-electron chi connectivity index (χ0n) is 13.6. The van der Waals surface area contributed by atoms with Gasteiger partial charge in [0.15, 0.2) is 5.82 Å². The lowest BCUT2D eigenvalue weighted by atomic mass is 10.2. The van der Waals surface area contributed by atoms with Gasteiger partial charge in [0.05, 0.1) is 10.1 Å². The Morgan fingerprint density at radius 1 is 1.23 bits per heavy atom. The summed E-state index contributed by atoms with van der Waals surface area (Å²) in [5, 5.41) is 4.29. The summed E-state index contributed by atoms with van der Waals surface area (Å²) >= 11 is 1.24. The molecule has 0 radical (unpaired) electrons. The molecule has 0 spiro atoms. The smallest absolute Gasteiger partial charge is 0.308 e. The molecule has 128 valence electrons. The molecule has 4 aromatic rings. The molecule has 4 rings (SSSR count). The van der Waals surface area contributed by atoms with Crippen LogP contribution in [0.4, 0.5) is 0 Å². The van der Waals surface area contributed by atoms with Gasteiger partial charge < -0.3 is 4.74 Å². The molecule has 0 atom stereocenters. The maximum atomic E-state index is 12.6. The van der Waals surface area contributed by atoms with Crippen LogP contribution < -0.4 is 14.8 Å². The first kappa shape index (κ1) is 16.1. The van der Waals surface area contributed by atoms with Gasteiger partial charge in [-0.3, -0.25) is 14.6 Å². The molecule has 0 bridgehead atoms. The van der Waals surface area contributed by atoms with Crippen molar-refractivity contribution < 1.29 is 9.53 Å². The largest absolute Gasteiger partial charge is 0.426 e.